The highest BCUT2D eigenvalue weighted by atomic mass is 16.7. The number of hydrogen-bond donors (Lipinski definition) is 0. The molecule has 1 radical (unpaired) electrons. The molecule has 0 saturated carbocycles. The van der Waals surface area contributed by atoms with E-state index in [-0.39, 0.29) is 0 Å². The molecule has 0 rings (SSSR count). The van der Waals surface area contributed by atoms with Gasteiger partial charge in [0.2, 0.25) is 6.29 Å². The minimum atomic E-state index is 0.716. The molecule has 0 N–H and O–H groups in total. The molecule has 0 amide bonds. The molecule has 2 heteroatoms. The second-order valence-electron chi connectivity index (χ2n) is 5.88. The normalized spacial score (nSPS) is 11.4. The van der Waals surface area contributed by atoms with Gasteiger partial charge in [0.15, 0.2) is 0 Å². The van der Waals surface area contributed by atoms with Gasteiger partial charge in [0.25, 0.3) is 0 Å². The molecule has 0 fully saturated rings. The van der Waals surface area contributed by atoms with Gasteiger partial charge in [-0.3, -0.25) is 0 Å². The Bertz CT molecular complexity index is 176. The van der Waals surface area contributed by atoms with Crippen molar-refractivity contribution >= 4 is 0 Å². The molecule has 0 aromatic rings. The van der Waals surface area contributed by atoms with Crippen molar-refractivity contribution in [1.29, 1.82) is 0 Å². The van der Waals surface area contributed by atoms with Gasteiger partial charge in [0.05, 0.1) is 0 Å². The monoisotopic (exact) mass is 299 g/mol. The molecule has 0 aromatic carbocycles. The zero-order chi connectivity index (χ0) is 15.6. The summed E-state index contributed by atoms with van der Waals surface area (Å²) in [5, 5.41) is 0. The fourth-order valence-corrected chi connectivity index (χ4v) is 2.62. The first-order valence-electron chi connectivity index (χ1n) is 9.46. The Morgan fingerprint density at radius 3 is 1.29 bits per heavy atom. The first kappa shape index (κ1) is 20.9. The van der Waals surface area contributed by atoms with E-state index in [4.69, 9.17) is 9.47 Å². The van der Waals surface area contributed by atoms with Gasteiger partial charge < -0.3 is 9.47 Å². The van der Waals surface area contributed by atoms with E-state index in [1.54, 1.807) is 0 Å². The van der Waals surface area contributed by atoms with Crippen molar-refractivity contribution in [1.82, 2.24) is 0 Å². The van der Waals surface area contributed by atoms with Gasteiger partial charge in [0, 0.05) is 19.6 Å². The highest BCUT2D eigenvalue weighted by Gasteiger charge is 2.08. The van der Waals surface area contributed by atoms with Gasteiger partial charge in [-0.25, -0.2) is 0 Å². The van der Waals surface area contributed by atoms with E-state index in [1.165, 1.54) is 77.0 Å². The van der Waals surface area contributed by atoms with E-state index in [2.05, 4.69) is 6.92 Å². The van der Waals surface area contributed by atoms with Crippen LogP contribution < -0.4 is 0 Å². The highest BCUT2D eigenvalue weighted by molar-refractivity contribution is 4.65. The van der Waals surface area contributed by atoms with E-state index in [1.807, 2.05) is 13.8 Å². The van der Waals surface area contributed by atoms with Gasteiger partial charge in [-0.05, 0) is 20.3 Å². The number of hydrogen-bond acceptors (Lipinski definition) is 2. The van der Waals surface area contributed by atoms with Crippen molar-refractivity contribution in [2.24, 2.45) is 0 Å². The van der Waals surface area contributed by atoms with Crippen molar-refractivity contribution in [3.63, 3.8) is 0 Å². The van der Waals surface area contributed by atoms with Crippen LogP contribution in [0.4, 0.5) is 0 Å². The standard InChI is InChI=1S/C19H39O2/c1-4-7-8-9-10-11-12-13-14-15-16-17-18-19(20-5-2)21-6-3/h4-18H2,1-3H3. The van der Waals surface area contributed by atoms with Crippen LogP contribution in [0.5, 0.6) is 0 Å². The molecule has 0 spiro atoms. The summed E-state index contributed by atoms with van der Waals surface area (Å²) in [7, 11) is 0. The third-order valence-electron chi connectivity index (χ3n) is 3.85. The van der Waals surface area contributed by atoms with Gasteiger partial charge >= 0.3 is 0 Å². The lowest BCUT2D eigenvalue weighted by Gasteiger charge is -2.14. The van der Waals surface area contributed by atoms with Gasteiger partial charge in [-0.1, -0.05) is 77.6 Å². The summed E-state index contributed by atoms with van der Waals surface area (Å²) in [6.45, 7) is 7.74. The van der Waals surface area contributed by atoms with Gasteiger partial charge in [-0.2, -0.15) is 0 Å². The van der Waals surface area contributed by atoms with Gasteiger partial charge in [0.1, 0.15) is 0 Å². The quantitative estimate of drug-likeness (QED) is 0.280. The second kappa shape index (κ2) is 18.0. The first-order valence-corrected chi connectivity index (χ1v) is 9.46. The van der Waals surface area contributed by atoms with Crippen LogP contribution in [0.15, 0.2) is 0 Å². The molecule has 0 aliphatic rings. The van der Waals surface area contributed by atoms with E-state index < -0.39 is 0 Å². The first-order chi connectivity index (χ1) is 10.3. The fourth-order valence-electron chi connectivity index (χ4n) is 2.62. The Labute approximate surface area is 134 Å². The molecule has 127 valence electrons. The topological polar surface area (TPSA) is 18.5 Å². The maximum atomic E-state index is 5.48. The predicted molar refractivity (Wildman–Crippen MR) is 92.2 cm³/mol. The van der Waals surface area contributed by atoms with E-state index >= 15 is 0 Å². The Morgan fingerprint density at radius 2 is 0.905 bits per heavy atom. The lowest BCUT2D eigenvalue weighted by Crippen LogP contribution is -2.08. The van der Waals surface area contributed by atoms with Crippen LogP contribution in [0.2, 0.25) is 0 Å². The van der Waals surface area contributed by atoms with Crippen LogP contribution in [0.1, 0.15) is 104 Å². The average Bonchev–Trinajstić information content (AvgIpc) is 2.48. The average molecular weight is 300 g/mol. The number of unbranched alkanes of at least 4 members (excludes halogenated alkanes) is 11. The lowest BCUT2D eigenvalue weighted by atomic mass is 10.0. The van der Waals surface area contributed by atoms with Crippen LogP contribution in [0.3, 0.4) is 0 Å². The molecule has 0 unspecified atom stereocenters. The minimum Gasteiger partial charge on any atom is -0.346 e. The van der Waals surface area contributed by atoms with Crippen LogP contribution in [-0.2, 0) is 9.47 Å². The smallest absolute Gasteiger partial charge is 0.223 e. The largest absolute Gasteiger partial charge is 0.346 e. The Hall–Kier alpha value is -0.0800. The summed E-state index contributed by atoms with van der Waals surface area (Å²) in [5.74, 6) is 0. The molecule has 0 bridgehead atoms. The molecule has 0 aromatic heterocycles. The van der Waals surface area contributed by atoms with Crippen LogP contribution in [0.25, 0.3) is 0 Å². The molecule has 0 aliphatic carbocycles. The zero-order valence-corrected chi connectivity index (χ0v) is 14.9. The Morgan fingerprint density at radius 1 is 0.524 bits per heavy atom. The third-order valence-corrected chi connectivity index (χ3v) is 3.85. The summed E-state index contributed by atoms with van der Waals surface area (Å²) in [4.78, 5) is 0. The molecule has 2 nitrogen and oxygen atoms in total. The summed E-state index contributed by atoms with van der Waals surface area (Å²) < 4.78 is 11.0. The van der Waals surface area contributed by atoms with Crippen molar-refractivity contribution in [3.05, 3.63) is 6.29 Å². The molecule has 0 aliphatic heterocycles. The minimum absolute atomic E-state index is 0.716. The zero-order valence-electron chi connectivity index (χ0n) is 14.9. The van der Waals surface area contributed by atoms with E-state index in [0.717, 1.165) is 12.7 Å². The molecular weight excluding hydrogens is 260 g/mol. The molecular formula is C19H39O2. The summed E-state index contributed by atoms with van der Waals surface area (Å²) >= 11 is 0. The summed E-state index contributed by atoms with van der Waals surface area (Å²) in [5.41, 5.74) is 0. The fraction of sp³-hybridized carbons (Fsp3) is 0.947. The summed E-state index contributed by atoms with van der Waals surface area (Å²) in [6, 6.07) is 0. The lowest BCUT2D eigenvalue weighted by molar-refractivity contribution is -0.0433. The number of rotatable bonds is 17. The third kappa shape index (κ3) is 16.1. The summed E-state index contributed by atoms with van der Waals surface area (Å²) in [6.07, 6.45) is 18.5. The molecule has 0 saturated heterocycles. The van der Waals surface area contributed by atoms with Gasteiger partial charge in [-0.15, -0.1) is 0 Å². The van der Waals surface area contributed by atoms with E-state index in [0.29, 0.717) is 13.2 Å². The maximum absolute atomic E-state index is 5.48. The van der Waals surface area contributed by atoms with Crippen LogP contribution >= 0.6 is 0 Å². The predicted octanol–water partition coefficient (Wildman–Crippen LogP) is 6.64. The molecule has 21 heavy (non-hydrogen) atoms. The van der Waals surface area contributed by atoms with Crippen molar-refractivity contribution in [3.8, 4) is 0 Å². The van der Waals surface area contributed by atoms with Crippen LogP contribution in [0, 0.1) is 6.29 Å². The highest BCUT2D eigenvalue weighted by Crippen LogP contribution is 2.17. The van der Waals surface area contributed by atoms with Crippen molar-refractivity contribution < 1.29 is 9.47 Å². The van der Waals surface area contributed by atoms with Crippen molar-refractivity contribution in [2.45, 2.75) is 104 Å². The Kier molecular flexibility index (Phi) is 17.9. The maximum Gasteiger partial charge on any atom is 0.223 e. The molecule has 0 heterocycles. The molecule has 0 atom stereocenters. The Balaban J connectivity index is 3.17. The van der Waals surface area contributed by atoms with Crippen LogP contribution in [-0.4, -0.2) is 13.2 Å². The van der Waals surface area contributed by atoms with Crippen molar-refractivity contribution in [2.75, 3.05) is 13.2 Å². The number of ether oxygens (including phenoxy) is 2. The van der Waals surface area contributed by atoms with E-state index in [9.17, 15) is 0 Å². The second-order valence-corrected chi connectivity index (χ2v) is 5.88. The SMILES string of the molecule is CCCCCCCCCCCCCC[C](OCC)OCC.